The van der Waals surface area contributed by atoms with E-state index in [1.54, 1.807) is 0 Å². The molecule has 0 aliphatic carbocycles. The lowest BCUT2D eigenvalue weighted by Crippen LogP contribution is -2.48. The fourth-order valence-corrected chi connectivity index (χ4v) is 4.43. The zero-order chi connectivity index (χ0) is 18.9. The van der Waals surface area contributed by atoms with Crippen LogP contribution in [0.25, 0.3) is 0 Å². The molecule has 3 rings (SSSR count). The van der Waals surface area contributed by atoms with E-state index in [4.69, 9.17) is 4.99 Å². The molecule has 26 heavy (non-hydrogen) atoms. The van der Waals surface area contributed by atoms with Crippen molar-refractivity contribution in [2.75, 3.05) is 11.4 Å². The number of hydrogen-bond donors (Lipinski definition) is 0. The molecule has 0 radical (unpaired) electrons. The van der Waals surface area contributed by atoms with E-state index >= 15 is 0 Å². The first-order valence-electron chi connectivity index (χ1n) is 9.53. The molecule has 1 aliphatic rings. The Bertz CT molecular complexity index is 823. The lowest BCUT2D eigenvalue weighted by Gasteiger charge is -2.47. The molecule has 1 aliphatic heterocycles. The minimum absolute atomic E-state index is 0.219. The van der Waals surface area contributed by atoms with Crippen LogP contribution >= 0.6 is 22.6 Å². The molecule has 1 heterocycles. The third-order valence-electron chi connectivity index (χ3n) is 5.36. The van der Waals surface area contributed by atoms with Crippen molar-refractivity contribution in [3.63, 3.8) is 0 Å². The number of aryl methyl sites for hydroxylation is 1. The summed E-state index contributed by atoms with van der Waals surface area (Å²) in [5.74, 6) is 0.571. The highest BCUT2D eigenvalue weighted by atomic mass is 127. The molecule has 0 fully saturated rings. The average Bonchev–Trinajstić information content (AvgIpc) is 2.59. The van der Waals surface area contributed by atoms with Gasteiger partial charge in [-0.05, 0) is 109 Å². The number of hydrogen-bond acceptors (Lipinski definition) is 2. The van der Waals surface area contributed by atoms with Gasteiger partial charge in [-0.25, -0.2) is 0 Å². The molecule has 0 spiro atoms. The van der Waals surface area contributed by atoms with E-state index in [1.165, 1.54) is 38.8 Å². The van der Waals surface area contributed by atoms with Crippen LogP contribution in [0.1, 0.15) is 63.1 Å². The van der Waals surface area contributed by atoms with E-state index in [1.807, 2.05) is 6.21 Å². The summed E-state index contributed by atoms with van der Waals surface area (Å²) < 4.78 is 1.28. The van der Waals surface area contributed by atoms with Crippen LogP contribution in [0.2, 0.25) is 0 Å². The zero-order valence-corrected chi connectivity index (χ0v) is 18.7. The van der Waals surface area contributed by atoms with Crippen LogP contribution in [0, 0.1) is 10.5 Å². The van der Waals surface area contributed by atoms with Crippen molar-refractivity contribution in [3.05, 3.63) is 56.7 Å². The highest BCUT2D eigenvalue weighted by Crippen LogP contribution is 2.43. The number of aliphatic imine (C=N–C) groups is 1. The topological polar surface area (TPSA) is 15.6 Å². The maximum Gasteiger partial charge on any atom is 0.0633 e. The van der Waals surface area contributed by atoms with Gasteiger partial charge in [-0.1, -0.05) is 19.9 Å². The smallest absolute Gasteiger partial charge is 0.0633 e. The second kappa shape index (κ2) is 7.71. The molecule has 1 atom stereocenters. The highest BCUT2D eigenvalue weighted by Gasteiger charge is 2.35. The minimum Gasteiger partial charge on any atom is -0.366 e. The molecule has 3 heteroatoms. The first-order chi connectivity index (χ1) is 12.3. The predicted molar refractivity (Wildman–Crippen MR) is 122 cm³/mol. The van der Waals surface area contributed by atoms with Crippen LogP contribution in [0.15, 0.2) is 41.4 Å². The third-order valence-corrected chi connectivity index (χ3v) is 6.57. The van der Waals surface area contributed by atoms with Gasteiger partial charge in [0, 0.05) is 27.6 Å². The monoisotopic (exact) mass is 460 g/mol. The van der Waals surface area contributed by atoms with Crippen molar-refractivity contribution in [3.8, 4) is 0 Å². The third kappa shape index (κ3) is 3.98. The Hall–Kier alpha value is -1.36. The van der Waals surface area contributed by atoms with Crippen LogP contribution in [0.3, 0.4) is 0 Å². The van der Waals surface area contributed by atoms with Gasteiger partial charge in [-0.3, -0.25) is 4.99 Å². The zero-order valence-electron chi connectivity index (χ0n) is 16.5. The Balaban J connectivity index is 1.91. The van der Waals surface area contributed by atoms with E-state index < -0.39 is 0 Å². The summed E-state index contributed by atoms with van der Waals surface area (Å²) in [7, 11) is 0. The molecule has 0 bridgehead atoms. The van der Waals surface area contributed by atoms with E-state index in [0.717, 1.165) is 12.2 Å². The van der Waals surface area contributed by atoms with Crippen LogP contribution in [0.5, 0.6) is 0 Å². The summed E-state index contributed by atoms with van der Waals surface area (Å²) in [5.41, 5.74) is 6.55. The van der Waals surface area contributed by atoms with Gasteiger partial charge in [-0.15, -0.1) is 0 Å². The molecule has 1 unspecified atom stereocenters. The second-order valence-corrected chi connectivity index (χ2v) is 9.24. The van der Waals surface area contributed by atoms with Crippen LogP contribution in [0.4, 0.5) is 11.4 Å². The number of nitrogens with zero attached hydrogens (tertiary/aromatic N) is 2. The Labute approximate surface area is 171 Å². The number of benzene rings is 2. The molecule has 0 saturated carbocycles. The first-order valence-corrected chi connectivity index (χ1v) is 10.6. The predicted octanol–water partition coefficient (Wildman–Crippen LogP) is 6.85. The van der Waals surface area contributed by atoms with E-state index in [-0.39, 0.29) is 5.54 Å². The van der Waals surface area contributed by atoms with Crippen molar-refractivity contribution in [1.82, 2.24) is 0 Å². The molecule has 2 aromatic rings. The van der Waals surface area contributed by atoms with E-state index in [9.17, 15) is 0 Å². The standard InChI is InChI=1S/C23H29IN2/c1-6-11-26-22-10-7-18(13-20(22)17(3)14-23(26,4)5)15-25-19-8-9-21(24)16(2)12-19/h7-10,12-13,15,17H,6,11,14H2,1-5H3. The summed E-state index contributed by atoms with van der Waals surface area (Å²) in [4.78, 5) is 7.28. The minimum atomic E-state index is 0.219. The summed E-state index contributed by atoms with van der Waals surface area (Å²) >= 11 is 2.36. The molecule has 2 aromatic carbocycles. The quantitative estimate of drug-likeness (QED) is 0.360. The Kier molecular flexibility index (Phi) is 5.75. The summed E-state index contributed by atoms with van der Waals surface area (Å²) in [6.07, 6.45) is 4.36. The number of rotatable bonds is 4. The van der Waals surface area contributed by atoms with Gasteiger partial charge in [0.05, 0.1) is 5.69 Å². The lowest BCUT2D eigenvalue weighted by atomic mass is 9.79. The van der Waals surface area contributed by atoms with E-state index in [2.05, 4.69) is 98.5 Å². The van der Waals surface area contributed by atoms with Gasteiger partial charge in [0.1, 0.15) is 0 Å². The fraction of sp³-hybridized carbons (Fsp3) is 0.435. The first kappa shape index (κ1) is 19.4. The molecule has 138 valence electrons. The highest BCUT2D eigenvalue weighted by molar-refractivity contribution is 14.1. The molecule has 0 N–H and O–H groups in total. The average molecular weight is 460 g/mol. The SMILES string of the molecule is CCCN1c2ccc(C=Nc3ccc(I)c(C)c3)cc2C(C)CC1(C)C. The molecule has 0 amide bonds. The van der Waals surface area contributed by atoms with Gasteiger partial charge >= 0.3 is 0 Å². The summed E-state index contributed by atoms with van der Waals surface area (Å²) in [5, 5.41) is 0. The Morgan fingerprint density at radius 3 is 2.69 bits per heavy atom. The van der Waals surface area contributed by atoms with Gasteiger partial charge in [0.15, 0.2) is 0 Å². The Morgan fingerprint density at radius 2 is 2.00 bits per heavy atom. The van der Waals surface area contributed by atoms with Gasteiger partial charge in [-0.2, -0.15) is 0 Å². The molecular weight excluding hydrogens is 431 g/mol. The summed E-state index contributed by atoms with van der Waals surface area (Å²) in [6, 6.07) is 13.2. The van der Waals surface area contributed by atoms with Gasteiger partial charge in [0.25, 0.3) is 0 Å². The van der Waals surface area contributed by atoms with Crippen LogP contribution in [-0.2, 0) is 0 Å². The van der Waals surface area contributed by atoms with Crippen LogP contribution < -0.4 is 4.90 Å². The second-order valence-electron chi connectivity index (χ2n) is 8.08. The fourth-order valence-electron chi connectivity index (χ4n) is 4.09. The van der Waals surface area contributed by atoms with Crippen molar-refractivity contribution in [2.24, 2.45) is 4.99 Å². The van der Waals surface area contributed by atoms with Crippen LogP contribution in [-0.4, -0.2) is 18.3 Å². The van der Waals surface area contributed by atoms with Crippen molar-refractivity contribution >= 4 is 40.2 Å². The molecule has 0 saturated heterocycles. The molecular formula is C23H29IN2. The van der Waals surface area contributed by atoms with E-state index in [0.29, 0.717) is 5.92 Å². The number of fused-ring (bicyclic) bond motifs is 1. The number of halogens is 1. The molecule has 2 nitrogen and oxygen atoms in total. The van der Waals surface area contributed by atoms with Crippen molar-refractivity contribution < 1.29 is 0 Å². The molecule has 0 aromatic heterocycles. The lowest BCUT2D eigenvalue weighted by molar-refractivity contribution is 0.376. The largest absolute Gasteiger partial charge is 0.366 e. The van der Waals surface area contributed by atoms with Crippen molar-refractivity contribution in [2.45, 2.75) is 58.9 Å². The maximum absolute atomic E-state index is 4.69. The van der Waals surface area contributed by atoms with Gasteiger partial charge < -0.3 is 4.90 Å². The maximum atomic E-state index is 4.69. The normalized spacial score (nSPS) is 19.0. The summed E-state index contributed by atoms with van der Waals surface area (Å²) in [6.45, 7) is 12.6. The van der Waals surface area contributed by atoms with Crippen molar-refractivity contribution in [1.29, 1.82) is 0 Å². The Morgan fingerprint density at radius 1 is 1.23 bits per heavy atom. The van der Waals surface area contributed by atoms with Gasteiger partial charge in [0.2, 0.25) is 0 Å². The number of anilines is 1.